The minimum atomic E-state index is -1.19. The maximum atomic E-state index is 14.1. The average molecular weight is 462 g/mol. The third kappa shape index (κ3) is 4.76. The van der Waals surface area contributed by atoms with Crippen LogP contribution in [0.25, 0.3) is 11.1 Å². The molecule has 0 fully saturated rings. The summed E-state index contributed by atoms with van der Waals surface area (Å²) in [4.78, 5) is 36.0. The Morgan fingerprint density at radius 1 is 1.00 bits per heavy atom. The molecule has 1 aliphatic carbocycles. The van der Waals surface area contributed by atoms with Crippen molar-refractivity contribution in [2.24, 2.45) is 0 Å². The van der Waals surface area contributed by atoms with Crippen molar-refractivity contribution < 1.29 is 28.6 Å². The molecular weight excluding hydrogens is 439 g/mol. The lowest BCUT2D eigenvalue weighted by Gasteiger charge is -2.15. The Balaban J connectivity index is 1.44. The first-order valence-electron chi connectivity index (χ1n) is 10.8. The molecule has 0 unspecified atom stereocenters. The molecule has 7 nitrogen and oxygen atoms in total. The van der Waals surface area contributed by atoms with E-state index in [4.69, 9.17) is 9.84 Å². The van der Waals surface area contributed by atoms with Crippen LogP contribution in [-0.2, 0) is 9.53 Å². The Morgan fingerprint density at radius 2 is 1.62 bits per heavy atom. The number of carbonyl (C=O) groups excluding carboxylic acids is 2. The fourth-order valence-electron chi connectivity index (χ4n) is 4.13. The first-order valence-corrected chi connectivity index (χ1v) is 10.8. The lowest BCUT2D eigenvalue weighted by atomic mass is 9.98. The number of aliphatic carboxylic acids is 1. The van der Waals surface area contributed by atoms with Crippen molar-refractivity contribution in [2.45, 2.75) is 25.3 Å². The lowest BCUT2D eigenvalue weighted by molar-refractivity contribution is -0.139. The van der Waals surface area contributed by atoms with Crippen LogP contribution in [0.15, 0.2) is 66.7 Å². The second kappa shape index (κ2) is 9.74. The largest absolute Gasteiger partial charge is 0.480 e. The summed E-state index contributed by atoms with van der Waals surface area (Å²) in [5, 5.41) is 13.9. The van der Waals surface area contributed by atoms with E-state index < -0.39 is 29.8 Å². The van der Waals surface area contributed by atoms with Crippen LogP contribution in [0, 0.1) is 5.82 Å². The molecule has 8 heteroatoms. The van der Waals surface area contributed by atoms with Gasteiger partial charge in [-0.05, 0) is 46.9 Å². The number of carboxylic acid groups (broad SMARTS) is 1. The fraction of sp³-hybridized carbons (Fsp3) is 0.192. The van der Waals surface area contributed by atoms with E-state index in [1.807, 2.05) is 48.5 Å². The van der Waals surface area contributed by atoms with Gasteiger partial charge in [0.2, 0.25) is 0 Å². The molecule has 0 heterocycles. The molecule has 0 aliphatic heterocycles. The summed E-state index contributed by atoms with van der Waals surface area (Å²) >= 11 is 0. The van der Waals surface area contributed by atoms with Gasteiger partial charge < -0.3 is 15.2 Å². The van der Waals surface area contributed by atoms with Gasteiger partial charge in [0.15, 0.2) is 0 Å². The highest BCUT2D eigenvalue weighted by molar-refractivity contribution is 5.98. The van der Waals surface area contributed by atoms with Gasteiger partial charge in [0.1, 0.15) is 18.5 Å². The molecule has 0 aromatic heterocycles. The monoisotopic (exact) mass is 462 g/mol. The third-order valence-electron chi connectivity index (χ3n) is 5.76. The molecule has 0 spiro atoms. The standard InChI is InChI=1S/C26H23FN2O5/c1-2-23(25(31)32)29-24(30)15-11-16(27)13-17(12-15)28-26(33)34-14-22-20-9-5-3-7-18(20)19-8-4-6-10-21(19)22/h3-13,22-23H,2,14H2,1H3,(H,28,33)(H,29,30)(H,31,32)/t23-/m0/s1. The number of halogens is 1. The highest BCUT2D eigenvalue weighted by Gasteiger charge is 2.29. The van der Waals surface area contributed by atoms with Gasteiger partial charge in [-0.15, -0.1) is 0 Å². The maximum Gasteiger partial charge on any atom is 0.411 e. The van der Waals surface area contributed by atoms with E-state index in [1.165, 1.54) is 6.07 Å². The Labute approximate surface area is 195 Å². The Kier molecular flexibility index (Phi) is 6.58. The maximum absolute atomic E-state index is 14.1. The van der Waals surface area contributed by atoms with E-state index in [-0.39, 0.29) is 30.2 Å². The van der Waals surface area contributed by atoms with Crippen LogP contribution >= 0.6 is 0 Å². The topological polar surface area (TPSA) is 105 Å². The van der Waals surface area contributed by atoms with Crippen LogP contribution in [0.5, 0.6) is 0 Å². The molecule has 34 heavy (non-hydrogen) atoms. The van der Waals surface area contributed by atoms with E-state index >= 15 is 0 Å². The average Bonchev–Trinajstić information content (AvgIpc) is 3.14. The van der Waals surface area contributed by atoms with Crippen LogP contribution in [-0.4, -0.2) is 35.7 Å². The molecule has 3 N–H and O–H groups in total. The van der Waals surface area contributed by atoms with E-state index in [1.54, 1.807) is 6.92 Å². The van der Waals surface area contributed by atoms with Gasteiger partial charge >= 0.3 is 12.1 Å². The summed E-state index contributed by atoms with van der Waals surface area (Å²) in [6, 6.07) is 18.0. The van der Waals surface area contributed by atoms with Crippen LogP contribution in [0.4, 0.5) is 14.9 Å². The van der Waals surface area contributed by atoms with Crippen LogP contribution < -0.4 is 10.6 Å². The highest BCUT2D eigenvalue weighted by atomic mass is 19.1. The molecule has 1 aliphatic rings. The number of rotatable bonds is 7. The van der Waals surface area contributed by atoms with Gasteiger partial charge in [-0.3, -0.25) is 10.1 Å². The second-order valence-electron chi connectivity index (χ2n) is 7.95. The zero-order valence-corrected chi connectivity index (χ0v) is 18.4. The second-order valence-corrected chi connectivity index (χ2v) is 7.95. The number of benzene rings is 3. The van der Waals surface area contributed by atoms with Gasteiger partial charge in [0, 0.05) is 17.2 Å². The Morgan fingerprint density at radius 3 is 2.21 bits per heavy atom. The number of fused-ring (bicyclic) bond motifs is 3. The van der Waals surface area contributed by atoms with Crippen molar-refractivity contribution in [3.8, 4) is 11.1 Å². The fourth-order valence-corrected chi connectivity index (χ4v) is 4.13. The van der Waals surface area contributed by atoms with Crippen molar-refractivity contribution in [3.63, 3.8) is 0 Å². The predicted octanol–water partition coefficient (Wildman–Crippen LogP) is 4.78. The molecule has 3 aromatic carbocycles. The van der Waals surface area contributed by atoms with Crippen molar-refractivity contribution in [1.29, 1.82) is 0 Å². The van der Waals surface area contributed by atoms with Crippen molar-refractivity contribution in [3.05, 3.63) is 89.2 Å². The molecule has 1 atom stereocenters. The number of carboxylic acids is 1. The number of nitrogens with one attached hydrogen (secondary N) is 2. The van der Waals surface area contributed by atoms with Crippen LogP contribution in [0.3, 0.4) is 0 Å². The van der Waals surface area contributed by atoms with Gasteiger partial charge in [-0.25, -0.2) is 14.0 Å². The van der Waals surface area contributed by atoms with Gasteiger partial charge in [0.05, 0.1) is 0 Å². The molecule has 2 amide bonds. The zero-order chi connectivity index (χ0) is 24.2. The first kappa shape index (κ1) is 23.0. The molecular formula is C26H23FN2O5. The van der Waals surface area contributed by atoms with Crippen molar-refractivity contribution in [2.75, 3.05) is 11.9 Å². The van der Waals surface area contributed by atoms with Gasteiger partial charge in [-0.2, -0.15) is 0 Å². The molecule has 174 valence electrons. The SMILES string of the molecule is CC[C@H](NC(=O)c1cc(F)cc(NC(=O)OCC2c3ccccc3-c3ccccc32)c1)C(=O)O. The lowest BCUT2D eigenvalue weighted by Crippen LogP contribution is -2.40. The Hall–Kier alpha value is -4.20. The van der Waals surface area contributed by atoms with Crippen LogP contribution in [0.1, 0.15) is 40.7 Å². The Bertz CT molecular complexity index is 1210. The quantitative estimate of drug-likeness (QED) is 0.469. The number of carbonyl (C=O) groups is 3. The number of ether oxygens (including phenoxy) is 1. The van der Waals surface area contributed by atoms with Gasteiger partial charge in [0.25, 0.3) is 5.91 Å². The summed E-state index contributed by atoms with van der Waals surface area (Å²) in [5.41, 5.74) is 4.22. The predicted molar refractivity (Wildman–Crippen MR) is 124 cm³/mol. The van der Waals surface area contributed by atoms with E-state index in [9.17, 15) is 18.8 Å². The van der Waals surface area contributed by atoms with Gasteiger partial charge in [-0.1, -0.05) is 55.5 Å². The summed E-state index contributed by atoms with van der Waals surface area (Å²) in [5.74, 6) is -2.84. The van der Waals surface area contributed by atoms with E-state index in [2.05, 4.69) is 10.6 Å². The molecule has 0 radical (unpaired) electrons. The smallest absolute Gasteiger partial charge is 0.411 e. The summed E-state index contributed by atoms with van der Waals surface area (Å²) < 4.78 is 19.5. The number of amides is 2. The van der Waals surface area contributed by atoms with Crippen LogP contribution in [0.2, 0.25) is 0 Å². The molecule has 0 saturated heterocycles. The summed E-state index contributed by atoms with van der Waals surface area (Å²) in [6.45, 7) is 1.69. The molecule has 3 aromatic rings. The summed E-state index contributed by atoms with van der Waals surface area (Å²) in [7, 11) is 0. The number of anilines is 1. The van der Waals surface area contributed by atoms with Crippen molar-refractivity contribution in [1.82, 2.24) is 5.32 Å². The van der Waals surface area contributed by atoms with E-state index in [0.29, 0.717) is 0 Å². The third-order valence-corrected chi connectivity index (χ3v) is 5.76. The highest BCUT2D eigenvalue weighted by Crippen LogP contribution is 2.44. The molecule has 0 saturated carbocycles. The summed E-state index contributed by atoms with van der Waals surface area (Å²) in [6.07, 6.45) is -0.628. The minimum absolute atomic E-state index is 0.0192. The number of hydrogen-bond donors (Lipinski definition) is 3. The van der Waals surface area contributed by atoms with E-state index in [0.717, 1.165) is 34.4 Å². The molecule has 0 bridgehead atoms. The van der Waals surface area contributed by atoms with Crippen molar-refractivity contribution >= 4 is 23.7 Å². The normalized spacial score (nSPS) is 12.9. The number of hydrogen-bond acceptors (Lipinski definition) is 4. The molecule has 4 rings (SSSR count). The first-order chi connectivity index (χ1) is 16.4. The minimum Gasteiger partial charge on any atom is -0.480 e. The zero-order valence-electron chi connectivity index (χ0n) is 18.4.